The van der Waals surface area contributed by atoms with Crippen molar-refractivity contribution in [1.82, 2.24) is 4.90 Å². The molecule has 0 unspecified atom stereocenters. The molecule has 0 aliphatic carbocycles. The second-order valence-electron chi connectivity index (χ2n) is 7.27. The van der Waals surface area contributed by atoms with Crippen molar-refractivity contribution in [2.75, 3.05) is 17.8 Å². The topological polar surface area (TPSA) is 86.7 Å². The highest BCUT2D eigenvalue weighted by Gasteiger charge is 2.19. The molecule has 3 aromatic rings. The van der Waals surface area contributed by atoms with Crippen LogP contribution in [-0.4, -0.2) is 37.4 Å². The lowest BCUT2D eigenvalue weighted by atomic mass is 10.1. The predicted octanol–water partition coefficient (Wildman–Crippen LogP) is 3.99. The molecule has 0 aliphatic rings. The number of aliphatic hydroxyl groups is 1. The molecule has 162 valence electrons. The van der Waals surface area contributed by atoms with E-state index in [0.717, 1.165) is 11.1 Å². The van der Waals surface area contributed by atoms with Crippen LogP contribution in [0.2, 0.25) is 0 Å². The summed E-state index contributed by atoms with van der Waals surface area (Å²) < 4.78 is 27.4. The molecule has 0 spiro atoms. The smallest absolute Gasteiger partial charge is 0.261 e. The van der Waals surface area contributed by atoms with Gasteiger partial charge >= 0.3 is 0 Å². The fraction of sp³-hybridized carbons (Fsp3) is 0.208. The molecule has 0 radical (unpaired) electrons. The highest BCUT2D eigenvalue weighted by molar-refractivity contribution is 7.92. The van der Waals surface area contributed by atoms with Crippen LogP contribution < -0.4 is 4.72 Å². The lowest BCUT2D eigenvalue weighted by Gasteiger charge is -2.24. The third-order valence-corrected chi connectivity index (χ3v) is 6.36. The first kappa shape index (κ1) is 22.5. The number of hydrogen-bond donors (Lipinski definition) is 2. The van der Waals surface area contributed by atoms with E-state index in [-0.39, 0.29) is 17.3 Å². The summed E-state index contributed by atoms with van der Waals surface area (Å²) in [7, 11) is -3.70. The molecule has 0 saturated carbocycles. The Labute approximate surface area is 183 Å². The second kappa shape index (κ2) is 9.76. The van der Waals surface area contributed by atoms with Crippen LogP contribution in [0, 0.1) is 6.92 Å². The largest absolute Gasteiger partial charge is 0.387 e. The van der Waals surface area contributed by atoms with Gasteiger partial charge in [0.15, 0.2) is 0 Å². The molecule has 31 heavy (non-hydrogen) atoms. The van der Waals surface area contributed by atoms with Crippen molar-refractivity contribution in [2.24, 2.45) is 0 Å². The number of carbonyl (C=O) groups is 1. The van der Waals surface area contributed by atoms with Crippen LogP contribution in [0.3, 0.4) is 0 Å². The van der Waals surface area contributed by atoms with Crippen molar-refractivity contribution in [3.63, 3.8) is 0 Å². The van der Waals surface area contributed by atoms with E-state index < -0.39 is 16.1 Å². The quantitative estimate of drug-likeness (QED) is 0.557. The van der Waals surface area contributed by atoms with Gasteiger partial charge in [-0.3, -0.25) is 9.52 Å². The summed E-state index contributed by atoms with van der Waals surface area (Å²) in [6.45, 7) is 4.43. The third-order valence-electron chi connectivity index (χ3n) is 4.96. The maximum Gasteiger partial charge on any atom is 0.261 e. The van der Waals surface area contributed by atoms with E-state index in [4.69, 9.17) is 0 Å². The number of rotatable bonds is 8. The van der Waals surface area contributed by atoms with Crippen molar-refractivity contribution in [2.45, 2.75) is 24.8 Å². The zero-order valence-corrected chi connectivity index (χ0v) is 18.3. The van der Waals surface area contributed by atoms with Gasteiger partial charge < -0.3 is 10.0 Å². The lowest BCUT2D eigenvalue weighted by Crippen LogP contribution is -2.34. The van der Waals surface area contributed by atoms with Gasteiger partial charge in [0.25, 0.3) is 15.9 Å². The number of likely N-dealkylation sites (N-methyl/N-ethyl adjacent to an activating group) is 1. The Hall–Kier alpha value is -3.16. The van der Waals surface area contributed by atoms with E-state index in [9.17, 15) is 18.3 Å². The minimum Gasteiger partial charge on any atom is -0.387 e. The average Bonchev–Trinajstić information content (AvgIpc) is 2.78. The molecular weight excluding hydrogens is 412 g/mol. The Kier molecular flexibility index (Phi) is 7.09. The molecule has 0 bridgehead atoms. The number of amides is 1. The monoisotopic (exact) mass is 438 g/mol. The van der Waals surface area contributed by atoms with Crippen LogP contribution in [0.15, 0.2) is 83.8 Å². The van der Waals surface area contributed by atoms with Gasteiger partial charge in [-0.05, 0) is 55.8 Å². The first-order valence-corrected chi connectivity index (χ1v) is 11.5. The molecule has 6 nitrogen and oxygen atoms in total. The second-order valence-corrected chi connectivity index (χ2v) is 8.95. The van der Waals surface area contributed by atoms with Gasteiger partial charge in [-0.2, -0.15) is 0 Å². The molecule has 3 rings (SSSR count). The van der Waals surface area contributed by atoms with Crippen LogP contribution >= 0.6 is 0 Å². The zero-order chi connectivity index (χ0) is 22.4. The first-order valence-electron chi connectivity index (χ1n) is 10.0. The normalized spacial score (nSPS) is 12.2. The summed E-state index contributed by atoms with van der Waals surface area (Å²) in [5.74, 6) is -0.230. The molecule has 3 aromatic carbocycles. The van der Waals surface area contributed by atoms with Crippen molar-refractivity contribution in [1.29, 1.82) is 0 Å². The number of nitrogens with zero attached hydrogens (tertiary/aromatic N) is 1. The van der Waals surface area contributed by atoms with E-state index in [1.165, 1.54) is 12.1 Å². The van der Waals surface area contributed by atoms with Gasteiger partial charge in [0.05, 0.1) is 17.5 Å². The number of aryl methyl sites for hydroxylation is 1. The van der Waals surface area contributed by atoms with Crippen LogP contribution in [0.4, 0.5) is 5.69 Å². The minimum atomic E-state index is -3.70. The van der Waals surface area contributed by atoms with Gasteiger partial charge in [-0.15, -0.1) is 0 Å². The standard InChI is InChI=1S/C24H26N2O4S/c1-3-26(17-23(27)19-11-9-18(2)10-12-19)24(28)20-13-15-21(16-14-20)25-31(29,30)22-7-5-4-6-8-22/h4-16,23,25,27H,3,17H2,1-2H3/t23-/m0/s1. The molecule has 2 N–H and O–H groups in total. The minimum absolute atomic E-state index is 0.164. The number of nitrogens with one attached hydrogen (secondary N) is 1. The Morgan fingerprint density at radius 1 is 0.968 bits per heavy atom. The summed E-state index contributed by atoms with van der Waals surface area (Å²) >= 11 is 0. The maximum atomic E-state index is 12.9. The molecular formula is C24H26N2O4S. The summed E-state index contributed by atoms with van der Waals surface area (Å²) in [6, 6.07) is 21.9. The number of sulfonamides is 1. The molecule has 0 aromatic heterocycles. The Morgan fingerprint density at radius 2 is 1.58 bits per heavy atom. The number of anilines is 1. The molecule has 0 heterocycles. The Bertz CT molecular complexity index is 1110. The van der Waals surface area contributed by atoms with Crippen LogP contribution in [0.1, 0.15) is 34.5 Å². The fourth-order valence-corrected chi connectivity index (χ4v) is 4.22. The molecule has 0 aliphatic heterocycles. The maximum absolute atomic E-state index is 12.9. The van der Waals surface area contributed by atoms with E-state index in [2.05, 4.69) is 4.72 Å². The van der Waals surface area contributed by atoms with Gasteiger partial charge in [0.1, 0.15) is 0 Å². The summed E-state index contributed by atoms with van der Waals surface area (Å²) in [5, 5.41) is 10.5. The summed E-state index contributed by atoms with van der Waals surface area (Å²) in [4.78, 5) is 14.6. The van der Waals surface area contributed by atoms with Crippen LogP contribution in [-0.2, 0) is 10.0 Å². The number of benzene rings is 3. The lowest BCUT2D eigenvalue weighted by molar-refractivity contribution is 0.0635. The van der Waals surface area contributed by atoms with E-state index >= 15 is 0 Å². The van der Waals surface area contributed by atoms with Crippen LogP contribution in [0.25, 0.3) is 0 Å². The van der Waals surface area contributed by atoms with Gasteiger partial charge in [0, 0.05) is 17.8 Å². The van der Waals surface area contributed by atoms with Crippen molar-refractivity contribution in [3.05, 3.63) is 95.6 Å². The predicted molar refractivity (Wildman–Crippen MR) is 121 cm³/mol. The fourth-order valence-electron chi connectivity index (χ4n) is 3.14. The number of aliphatic hydroxyl groups excluding tert-OH is 1. The number of carbonyl (C=O) groups excluding carboxylic acids is 1. The summed E-state index contributed by atoms with van der Waals surface area (Å²) in [5.41, 5.74) is 2.63. The van der Waals surface area contributed by atoms with Gasteiger partial charge in [0.2, 0.25) is 0 Å². The van der Waals surface area contributed by atoms with Crippen molar-refractivity contribution >= 4 is 21.6 Å². The van der Waals surface area contributed by atoms with Gasteiger partial charge in [-0.1, -0.05) is 48.0 Å². The Morgan fingerprint density at radius 3 is 2.16 bits per heavy atom. The highest BCUT2D eigenvalue weighted by Crippen LogP contribution is 2.19. The Balaban J connectivity index is 1.69. The van der Waals surface area contributed by atoms with E-state index in [1.807, 2.05) is 38.1 Å². The van der Waals surface area contributed by atoms with Crippen LogP contribution in [0.5, 0.6) is 0 Å². The third kappa shape index (κ3) is 5.71. The zero-order valence-electron chi connectivity index (χ0n) is 17.5. The van der Waals surface area contributed by atoms with E-state index in [0.29, 0.717) is 17.8 Å². The molecule has 1 atom stereocenters. The first-order chi connectivity index (χ1) is 14.8. The average molecular weight is 439 g/mol. The highest BCUT2D eigenvalue weighted by atomic mass is 32.2. The van der Waals surface area contributed by atoms with Crippen molar-refractivity contribution in [3.8, 4) is 0 Å². The molecule has 1 amide bonds. The van der Waals surface area contributed by atoms with Crippen molar-refractivity contribution < 1.29 is 18.3 Å². The molecule has 7 heteroatoms. The van der Waals surface area contributed by atoms with Gasteiger partial charge in [-0.25, -0.2) is 8.42 Å². The number of hydrogen-bond acceptors (Lipinski definition) is 4. The molecule has 0 saturated heterocycles. The molecule has 0 fully saturated rings. The van der Waals surface area contributed by atoms with E-state index in [1.54, 1.807) is 47.4 Å². The summed E-state index contributed by atoms with van der Waals surface area (Å²) in [6.07, 6.45) is -0.790. The SMILES string of the molecule is CCN(C[C@H](O)c1ccc(C)cc1)C(=O)c1ccc(NS(=O)(=O)c2ccccc2)cc1.